The molecule has 37 heavy (non-hydrogen) atoms. The molecule has 2 N–H and O–H groups in total. The van der Waals surface area contributed by atoms with Gasteiger partial charge in [-0.25, -0.2) is 4.79 Å². The van der Waals surface area contributed by atoms with E-state index in [1.54, 1.807) is 42.3 Å². The summed E-state index contributed by atoms with van der Waals surface area (Å²) >= 11 is 0. The fourth-order valence-corrected chi connectivity index (χ4v) is 5.12. The van der Waals surface area contributed by atoms with E-state index in [2.05, 4.69) is 27.2 Å². The van der Waals surface area contributed by atoms with Crippen molar-refractivity contribution >= 4 is 22.8 Å². The molecule has 1 aliphatic carbocycles. The monoisotopic (exact) mass is 501 g/mol. The Bertz CT molecular complexity index is 1420. The molecule has 192 valence electrons. The first kappa shape index (κ1) is 24.5. The highest BCUT2D eigenvalue weighted by Crippen LogP contribution is 2.36. The van der Waals surface area contributed by atoms with Crippen LogP contribution in [0.1, 0.15) is 44.2 Å². The molecule has 1 aromatic carbocycles. The van der Waals surface area contributed by atoms with Gasteiger partial charge in [0.05, 0.1) is 12.6 Å². The van der Waals surface area contributed by atoms with E-state index in [0.717, 1.165) is 42.7 Å². The molecule has 4 aromatic rings. The molecule has 1 fully saturated rings. The summed E-state index contributed by atoms with van der Waals surface area (Å²) in [4.78, 5) is 37.2. The molecule has 0 bridgehead atoms. The van der Waals surface area contributed by atoms with Crippen molar-refractivity contribution in [2.75, 3.05) is 12.4 Å². The van der Waals surface area contributed by atoms with E-state index in [4.69, 9.17) is 9.47 Å². The lowest BCUT2D eigenvalue weighted by molar-refractivity contribution is -0.121. The molecule has 1 aliphatic rings. The molecule has 5 rings (SSSR count). The van der Waals surface area contributed by atoms with Gasteiger partial charge in [0, 0.05) is 36.1 Å². The molecule has 0 aliphatic heterocycles. The molecular formula is C28H31N5O4. The number of benzene rings is 1. The Hall–Kier alpha value is -4.14. The van der Waals surface area contributed by atoms with Crippen LogP contribution >= 0.6 is 0 Å². The van der Waals surface area contributed by atoms with Crippen molar-refractivity contribution in [3.8, 4) is 11.6 Å². The number of hydrogen-bond acceptors (Lipinski definition) is 6. The molecule has 3 aromatic heterocycles. The highest BCUT2D eigenvalue weighted by molar-refractivity contribution is 5.92. The van der Waals surface area contributed by atoms with E-state index < -0.39 is 0 Å². The SMILES string of the molecule is COc1cccc(COc2ccc3[nH]c(=O)n(C(C)C4CCC(C(=O)Nc5ccncc5)CC4)c3n2)c1. The lowest BCUT2D eigenvalue weighted by Crippen LogP contribution is -2.32. The molecule has 9 nitrogen and oxygen atoms in total. The third kappa shape index (κ3) is 5.50. The van der Waals surface area contributed by atoms with Crippen LogP contribution in [0.15, 0.2) is 65.7 Å². The number of hydrogen-bond donors (Lipinski definition) is 2. The minimum absolute atomic E-state index is 0.0361. The fourth-order valence-electron chi connectivity index (χ4n) is 5.12. The zero-order chi connectivity index (χ0) is 25.8. The first-order valence-electron chi connectivity index (χ1n) is 12.6. The third-order valence-electron chi connectivity index (χ3n) is 7.24. The van der Waals surface area contributed by atoms with Gasteiger partial charge in [-0.15, -0.1) is 0 Å². The van der Waals surface area contributed by atoms with Gasteiger partial charge in [0.25, 0.3) is 0 Å². The molecule has 1 unspecified atom stereocenters. The zero-order valence-corrected chi connectivity index (χ0v) is 21.0. The van der Waals surface area contributed by atoms with Gasteiger partial charge in [0.1, 0.15) is 12.4 Å². The molecule has 1 saturated carbocycles. The maximum absolute atomic E-state index is 12.9. The van der Waals surface area contributed by atoms with Crippen molar-refractivity contribution in [2.45, 2.75) is 45.3 Å². The number of ether oxygens (including phenoxy) is 2. The molecule has 9 heteroatoms. The average molecular weight is 502 g/mol. The van der Waals surface area contributed by atoms with E-state index in [1.807, 2.05) is 30.3 Å². The number of rotatable bonds is 8. The second kappa shape index (κ2) is 10.9. The Morgan fingerprint density at radius 1 is 1.14 bits per heavy atom. The second-order valence-electron chi connectivity index (χ2n) is 9.54. The number of carbonyl (C=O) groups excluding carboxylic acids is 1. The molecule has 3 heterocycles. The van der Waals surface area contributed by atoms with Gasteiger partial charge in [-0.3, -0.25) is 14.3 Å². The summed E-state index contributed by atoms with van der Waals surface area (Å²) in [6, 6.07) is 14.8. The fraction of sp³-hybridized carbons (Fsp3) is 0.357. The van der Waals surface area contributed by atoms with E-state index >= 15 is 0 Å². The third-order valence-corrected chi connectivity index (χ3v) is 7.24. The number of methoxy groups -OCH3 is 1. The van der Waals surface area contributed by atoms with Gasteiger partial charge in [0.2, 0.25) is 11.8 Å². The number of amides is 1. The number of pyridine rings is 2. The van der Waals surface area contributed by atoms with Crippen molar-refractivity contribution in [2.24, 2.45) is 11.8 Å². The predicted molar refractivity (Wildman–Crippen MR) is 141 cm³/mol. The quantitative estimate of drug-likeness (QED) is 0.362. The molecule has 1 atom stereocenters. The number of imidazole rings is 1. The Balaban J connectivity index is 1.26. The van der Waals surface area contributed by atoms with Crippen LogP contribution in [0.3, 0.4) is 0 Å². The highest BCUT2D eigenvalue weighted by atomic mass is 16.5. The van der Waals surface area contributed by atoms with Crippen LogP contribution in [0, 0.1) is 11.8 Å². The minimum atomic E-state index is -0.183. The summed E-state index contributed by atoms with van der Waals surface area (Å²) in [6.07, 6.45) is 6.62. The van der Waals surface area contributed by atoms with Crippen LogP contribution in [0.4, 0.5) is 5.69 Å². The van der Waals surface area contributed by atoms with Gasteiger partial charge in [-0.05, 0) is 74.4 Å². The highest BCUT2D eigenvalue weighted by Gasteiger charge is 2.31. The van der Waals surface area contributed by atoms with Crippen LogP contribution in [0.5, 0.6) is 11.6 Å². The Kier molecular flexibility index (Phi) is 7.20. The first-order chi connectivity index (χ1) is 18.0. The predicted octanol–water partition coefficient (Wildman–Crippen LogP) is 4.71. The molecule has 0 saturated heterocycles. The Morgan fingerprint density at radius 3 is 2.68 bits per heavy atom. The number of fused-ring (bicyclic) bond motifs is 1. The van der Waals surface area contributed by atoms with E-state index in [9.17, 15) is 9.59 Å². The average Bonchev–Trinajstić information content (AvgIpc) is 3.27. The van der Waals surface area contributed by atoms with Gasteiger partial charge < -0.3 is 19.8 Å². The molecule has 1 amide bonds. The van der Waals surface area contributed by atoms with Gasteiger partial charge >= 0.3 is 5.69 Å². The Labute approximate surface area is 214 Å². The lowest BCUT2D eigenvalue weighted by Gasteiger charge is -2.32. The molecule has 0 radical (unpaired) electrons. The number of nitrogens with zero attached hydrogens (tertiary/aromatic N) is 3. The summed E-state index contributed by atoms with van der Waals surface area (Å²) in [5.74, 6) is 1.49. The van der Waals surface area contributed by atoms with Crippen LogP contribution < -0.4 is 20.5 Å². The normalized spacial score (nSPS) is 18.3. The van der Waals surface area contributed by atoms with E-state index in [-0.39, 0.29) is 29.5 Å². The Morgan fingerprint density at radius 2 is 1.92 bits per heavy atom. The maximum atomic E-state index is 12.9. The number of H-pyrrole nitrogens is 1. The topological polar surface area (TPSA) is 111 Å². The zero-order valence-electron chi connectivity index (χ0n) is 21.0. The molecular weight excluding hydrogens is 470 g/mol. The maximum Gasteiger partial charge on any atom is 0.327 e. The largest absolute Gasteiger partial charge is 0.497 e. The smallest absolute Gasteiger partial charge is 0.327 e. The number of aromatic nitrogens is 4. The van der Waals surface area contributed by atoms with Crippen molar-refractivity contribution < 1.29 is 14.3 Å². The molecule has 0 spiro atoms. The van der Waals surface area contributed by atoms with Crippen LogP contribution in [-0.2, 0) is 11.4 Å². The van der Waals surface area contributed by atoms with Crippen LogP contribution in [0.2, 0.25) is 0 Å². The number of aromatic amines is 1. The summed E-state index contributed by atoms with van der Waals surface area (Å²) in [6.45, 7) is 2.40. The van der Waals surface area contributed by atoms with Crippen molar-refractivity contribution in [1.82, 2.24) is 19.5 Å². The van der Waals surface area contributed by atoms with Crippen molar-refractivity contribution in [3.63, 3.8) is 0 Å². The van der Waals surface area contributed by atoms with Crippen LogP contribution in [-0.4, -0.2) is 32.5 Å². The van der Waals surface area contributed by atoms with Gasteiger partial charge in [-0.1, -0.05) is 12.1 Å². The lowest BCUT2D eigenvalue weighted by atomic mass is 9.78. The van der Waals surface area contributed by atoms with Crippen LogP contribution in [0.25, 0.3) is 11.2 Å². The summed E-state index contributed by atoms with van der Waals surface area (Å²) < 4.78 is 12.9. The second-order valence-corrected chi connectivity index (χ2v) is 9.54. The van der Waals surface area contributed by atoms with Gasteiger partial charge in [0.15, 0.2) is 5.65 Å². The minimum Gasteiger partial charge on any atom is -0.497 e. The summed E-state index contributed by atoms with van der Waals surface area (Å²) in [7, 11) is 1.63. The van der Waals surface area contributed by atoms with E-state index in [0.29, 0.717) is 23.7 Å². The number of anilines is 1. The summed E-state index contributed by atoms with van der Waals surface area (Å²) in [5.41, 5.74) is 2.80. The number of carbonyl (C=O) groups is 1. The van der Waals surface area contributed by atoms with Gasteiger partial charge in [-0.2, -0.15) is 4.98 Å². The van der Waals surface area contributed by atoms with E-state index in [1.165, 1.54) is 0 Å². The number of nitrogens with one attached hydrogen (secondary N) is 2. The summed E-state index contributed by atoms with van der Waals surface area (Å²) in [5, 5.41) is 2.98. The van der Waals surface area contributed by atoms with Crippen molar-refractivity contribution in [1.29, 1.82) is 0 Å². The van der Waals surface area contributed by atoms with Crippen molar-refractivity contribution in [3.05, 3.63) is 77.0 Å². The first-order valence-corrected chi connectivity index (χ1v) is 12.6. The standard InChI is InChI=1S/C28H31N5O4/c1-18(20-6-8-21(9-7-20)27(34)30-22-12-14-29-15-13-22)33-26-24(31-28(33)35)10-11-25(32-26)37-17-19-4-3-5-23(16-19)36-2/h3-5,10-16,18,20-21H,6-9,17H2,1-2H3,(H,31,35)(H,29,30,34).